The minimum Gasteiger partial charge on any atom is -0.0622 e. The number of rotatable bonds is 10. The quantitative estimate of drug-likeness (QED) is 0.361. The smallest absolute Gasteiger partial charge is 0.00437 e. The molecule has 1 radical (unpaired) electrons. The summed E-state index contributed by atoms with van der Waals surface area (Å²) < 4.78 is 0. The summed E-state index contributed by atoms with van der Waals surface area (Å²) in [4.78, 5) is 0. The predicted molar refractivity (Wildman–Crippen MR) is 117 cm³/mol. The summed E-state index contributed by atoms with van der Waals surface area (Å²) in [6.07, 6.45) is 8.03. The molecule has 0 bridgehead atoms. The summed E-state index contributed by atoms with van der Waals surface area (Å²) in [6.45, 7) is 4.22. The summed E-state index contributed by atoms with van der Waals surface area (Å²) in [5.74, 6) is 0. The largest absolute Gasteiger partial charge is 0.0622 e. The van der Waals surface area contributed by atoms with Crippen molar-refractivity contribution >= 4 is 0 Å². The van der Waals surface area contributed by atoms with Gasteiger partial charge in [-0.05, 0) is 60.6 Å². The van der Waals surface area contributed by atoms with Gasteiger partial charge in [0.15, 0.2) is 0 Å². The SMILES string of the molecule is [CH2]CCC(CCCc1ccccc1)(CCc1ccccc1)c1ccccc1. The van der Waals surface area contributed by atoms with Gasteiger partial charge in [0, 0.05) is 0 Å². The van der Waals surface area contributed by atoms with Crippen molar-refractivity contribution in [1.82, 2.24) is 0 Å². The third-order valence-electron chi connectivity index (χ3n) is 5.74. The highest BCUT2D eigenvalue weighted by Crippen LogP contribution is 2.39. The van der Waals surface area contributed by atoms with E-state index in [-0.39, 0.29) is 5.41 Å². The topological polar surface area (TPSA) is 0 Å². The van der Waals surface area contributed by atoms with Gasteiger partial charge in [-0.15, -0.1) is 0 Å². The number of benzene rings is 3. The Morgan fingerprint density at radius 1 is 0.556 bits per heavy atom. The molecule has 0 aliphatic heterocycles. The number of hydrogen-bond acceptors (Lipinski definition) is 0. The summed E-state index contributed by atoms with van der Waals surface area (Å²) >= 11 is 0. The summed E-state index contributed by atoms with van der Waals surface area (Å²) in [5.41, 5.74) is 4.58. The molecule has 139 valence electrons. The average Bonchev–Trinajstić information content (AvgIpc) is 2.74. The van der Waals surface area contributed by atoms with E-state index in [4.69, 9.17) is 0 Å². The molecule has 0 N–H and O–H groups in total. The molecule has 0 heteroatoms. The summed E-state index contributed by atoms with van der Waals surface area (Å²) in [5, 5.41) is 0. The lowest BCUT2D eigenvalue weighted by molar-refractivity contribution is 0.330. The molecule has 0 aliphatic rings. The van der Waals surface area contributed by atoms with Crippen molar-refractivity contribution in [1.29, 1.82) is 0 Å². The first-order valence-corrected chi connectivity index (χ1v) is 10.2. The van der Waals surface area contributed by atoms with E-state index in [0.717, 1.165) is 25.7 Å². The monoisotopic (exact) mass is 355 g/mol. The van der Waals surface area contributed by atoms with Crippen molar-refractivity contribution in [2.45, 2.75) is 50.4 Å². The Kier molecular flexibility index (Phi) is 7.27. The Labute approximate surface area is 165 Å². The molecule has 3 rings (SSSR count). The van der Waals surface area contributed by atoms with Crippen molar-refractivity contribution in [3.63, 3.8) is 0 Å². The van der Waals surface area contributed by atoms with Gasteiger partial charge in [0.2, 0.25) is 0 Å². The number of aryl methyl sites for hydroxylation is 2. The zero-order valence-electron chi connectivity index (χ0n) is 16.3. The minimum atomic E-state index is 0.216. The molecular formula is C27H31. The highest BCUT2D eigenvalue weighted by atomic mass is 14.3. The molecule has 0 nitrogen and oxygen atoms in total. The van der Waals surface area contributed by atoms with Crippen molar-refractivity contribution in [3.05, 3.63) is 115 Å². The van der Waals surface area contributed by atoms with E-state index in [1.54, 1.807) is 0 Å². The van der Waals surface area contributed by atoms with Gasteiger partial charge in [0.1, 0.15) is 0 Å². The minimum absolute atomic E-state index is 0.216. The maximum atomic E-state index is 4.22. The lowest BCUT2D eigenvalue weighted by Crippen LogP contribution is -2.27. The van der Waals surface area contributed by atoms with Crippen LogP contribution in [0, 0.1) is 6.92 Å². The highest BCUT2D eigenvalue weighted by molar-refractivity contribution is 5.27. The van der Waals surface area contributed by atoms with E-state index in [9.17, 15) is 0 Å². The molecule has 3 aromatic carbocycles. The Morgan fingerprint density at radius 3 is 1.63 bits per heavy atom. The van der Waals surface area contributed by atoms with Crippen LogP contribution in [0.5, 0.6) is 0 Å². The van der Waals surface area contributed by atoms with Gasteiger partial charge >= 0.3 is 0 Å². The Balaban J connectivity index is 1.77. The second-order valence-electron chi connectivity index (χ2n) is 7.57. The van der Waals surface area contributed by atoms with E-state index in [1.807, 2.05) is 0 Å². The molecule has 0 saturated heterocycles. The Hall–Kier alpha value is -2.34. The molecule has 0 amide bonds. The molecule has 3 aromatic rings. The van der Waals surface area contributed by atoms with Gasteiger partial charge in [-0.1, -0.05) is 104 Å². The van der Waals surface area contributed by atoms with Gasteiger partial charge in [0.25, 0.3) is 0 Å². The van der Waals surface area contributed by atoms with Crippen LogP contribution >= 0.6 is 0 Å². The van der Waals surface area contributed by atoms with E-state index in [2.05, 4.69) is 97.9 Å². The van der Waals surface area contributed by atoms with Crippen LogP contribution in [0.15, 0.2) is 91.0 Å². The van der Waals surface area contributed by atoms with Crippen LogP contribution in [0.2, 0.25) is 0 Å². The van der Waals surface area contributed by atoms with Crippen LogP contribution in [0.1, 0.15) is 48.8 Å². The van der Waals surface area contributed by atoms with Crippen molar-refractivity contribution < 1.29 is 0 Å². The van der Waals surface area contributed by atoms with Gasteiger partial charge in [-0.25, -0.2) is 0 Å². The normalized spacial score (nSPS) is 13.2. The summed E-state index contributed by atoms with van der Waals surface area (Å²) in [7, 11) is 0. The van der Waals surface area contributed by atoms with Crippen LogP contribution in [0.25, 0.3) is 0 Å². The molecule has 27 heavy (non-hydrogen) atoms. The second kappa shape index (κ2) is 10.1. The molecule has 1 atom stereocenters. The fourth-order valence-corrected chi connectivity index (χ4v) is 4.24. The van der Waals surface area contributed by atoms with Gasteiger partial charge in [-0.3, -0.25) is 0 Å². The third-order valence-corrected chi connectivity index (χ3v) is 5.74. The third kappa shape index (κ3) is 5.57. The van der Waals surface area contributed by atoms with Gasteiger partial charge in [0.05, 0.1) is 0 Å². The average molecular weight is 356 g/mol. The highest BCUT2D eigenvalue weighted by Gasteiger charge is 2.30. The fourth-order valence-electron chi connectivity index (χ4n) is 4.24. The molecule has 1 unspecified atom stereocenters. The molecule has 0 spiro atoms. The van der Waals surface area contributed by atoms with Crippen LogP contribution in [0.4, 0.5) is 0 Å². The van der Waals surface area contributed by atoms with Crippen molar-refractivity contribution in [3.8, 4) is 0 Å². The van der Waals surface area contributed by atoms with E-state index < -0.39 is 0 Å². The molecular weight excluding hydrogens is 324 g/mol. The summed E-state index contributed by atoms with van der Waals surface area (Å²) in [6, 6.07) is 32.9. The zero-order valence-corrected chi connectivity index (χ0v) is 16.3. The van der Waals surface area contributed by atoms with Crippen LogP contribution in [-0.4, -0.2) is 0 Å². The van der Waals surface area contributed by atoms with Gasteiger partial charge in [-0.2, -0.15) is 0 Å². The van der Waals surface area contributed by atoms with Crippen LogP contribution in [-0.2, 0) is 18.3 Å². The lowest BCUT2D eigenvalue weighted by Gasteiger charge is -2.35. The maximum absolute atomic E-state index is 4.22. The van der Waals surface area contributed by atoms with Crippen molar-refractivity contribution in [2.75, 3.05) is 0 Å². The predicted octanol–water partition coefficient (Wildman–Crippen LogP) is 7.19. The standard InChI is InChI=1S/C27H31/c1-2-21-27(26-18-10-5-11-19-26,23-20-25-15-8-4-9-16-25)22-12-17-24-13-6-3-7-14-24/h3-11,13-16,18-19H,1-2,12,17,20-23H2. The molecule has 0 aromatic heterocycles. The molecule has 0 fully saturated rings. The maximum Gasteiger partial charge on any atom is -0.00437 e. The fraction of sp³-hybridized carbons (Fsp3) is 0.296. The molecule has 0 aliphatic carbocycles. The number of hydrogen-bond donors (Lipinski definition) is 0. The van der Waals surface area contributed by atoms with Crippen LogP contribution in [0.3, 0.4) is 0 Å². The second-order valence-corrected chi connectivity index (χ2v) is 7.57. The van der Waals surface area contributed by atoms with Crippen LogP contribution < -0.4 is 0 Å². The van der Waals surface area contributed by atoms with E-state index >= 15 is 0 Å². The molecule has 0 heterocycles. The first-order valence-electron chi connectivity index (χ1n) is 10.2. The molecule has 0 saturated carbocycles. The zero-order chi connectivity index (χ0) is 18.8. The Bertz CT molecular complexity index is 761. The first-order chi connectivity index (χ1) is 13.3. The van der Waals surface area contributed by atoms with Gasteiger partial charge < -0.3 is 0 Å². The lowest BCUT2D eigenvalue weighted by atomic mass is 9.69. The first kappa shape index (κ1) is 19.4. The Morgan fingerprint density at radius 2 is 1.07 bits per heavy atom. The van der Waals surface area contributed by atoms with E-state index in [0.29, 0.717) is 0 Å². The van der Waals surface area contributed by atoms with E-state index in [1.165, 1.54) is 36.0 Å². The van der Waals surface area contributed by atoms with Crippen molar-refractivity contribution in [2.24, 2.45) is 0 Å².